The van der Waals surface area contributed by atoms with Crippen molar-refractivity contribution in [1.29, 1.82) is 0 Å². The van der Waals surface area contributed by atoms with Crippen LogP contribution < -0.4 is 0 Å². The van der Waals surface area contributed by atoms with E-state index in [2.05, 4.69) is 0 Å². The monoisotopic (exact) mass is 188 g/mol. The highest BCUT2D eigenvalue weighted by Gasteiger charge is 2.27. The normalized spacial score (nSPS) is 38.0. The fourth-order valence-corrected chi connectivity index (χ4v) is 2.79. The molecule has 0 aromatic carbocycles. The molecule has 2 fully saturated rings. The van der Waals surface area contributed by atoms with Crippen LogP contribution in [0, 0.1) is 0 Å². The van der Waals surface area contributed by atoms with Crippen LogP contribution in [-0.2, 0) is 9.47 Å². The van der Waals surface area contributed by atoms with E-state index in [1.807, 2.05) is 11.8 Å². The molecule has 70 valence electrons. The maximum Gasteiger partial charge on any atom is 0.0926 e. The molecule has 0 radical (unpaired) electrons. The first-order chi connectivity index (χ1) is 5.97. The molecule has 2 atom stereocenters. The summed E-state index contributed by atoms with van der Waals surface area (Å²) in [6.07, 6.45) is 4.35. The van der Waals surface area contributed by atoms with Gasteiger partial charge in [0, 0.05) is 19.0 Å². The Morgan fingerprint density at radius 3 is 2.83 bits per heavy atom. The van der Waals surface area contributed by atoms with Gasteiger partial charge in [-0.1, -0.05) is 0 Å². The molecule has 2 aliphatic rings. The van der Waals surface area contributed by atoms with Crippen molar-refractivity contribution in [1.82, 2.24) is 0 Å². The summed E-state index contributed by atoms with van der Waals surface area (Å²) in [5.41, 5.74) is 0. The zero-order chi connectivity index (χ0) is 8.23. The Morgan fingerprint density at radius 1 is 1.00 bits per heavy atom. The number of rotatable bonds is 0. The van der Waals surface area contributed by atoms with Crippen LogP contribution in [0.2, 0.25) is 0 Å². The van der Waals surface area contributed by atoms with Crippen LogP contribution in [0.1, 0.15) is 19.3 Å². The van der Waals surface area contributed by atoms with Crippen LogP contribution in [0.4, 0.5) is 0 Å². The van der Waals surface area contributed by atoms with E-state index in [1.165, 1.54) is 25.0 Å². The van der Waals surface area contributed by atoms with E-state index in [0.717, 1.165) is 19.0 Å². The minimum Gasteiger partial charge on any atom is -0.375 e. The highest BCUT2D eigenvalue weighted by molar-refractivity contribution is 7.99. The zero-order valence-electron chi connectivity index (χ0n) is 7.33. The Labute approximate surface area is 78.0 Å². The molecule has 0 aliphatic carbocycles. The lowest BCUT2D eigenvalue weighted by molar-refractivity contribution is -0.0956. The fraction of sp³-hybridized carbons (Fsp3) is 1.00. The summed E-state index contributed by atoms with van der Waals surface area (Å²) in [5, 5.41) is 0. The van der Waals surface area contributed by atoms with Gasteiger partial charge in [-0.25, -0.2) is 0 Å². The highest BCUT2D eigenvalue weighted by Crippen LogP contribution is 2.23. The van der Waals surface area contributed by atoms with Gasteiger partial charge in [0.1, 0.15) is 0 Å². The molecule has 0 spiro atoms. The van der Waals surface area contributed by atoms with Crippen molar-refractivity contribution in [2.24, 2.45) is 0 Å². The van der Waals surface area contributed by atoms with Gasteiger partial charge >= 0.3 is 0 Å². The van der Waals surface area contributed by atoms with Gasteiger partial charge in [0.2, 0.25) is 0 Å². The molecule has 3 heteroatoms. The maximum atomic E-state index is 5.75. The number of ether oxygens (including phenoxy) is 2. The lowest BCUT2D eigenvalue weighted by atomic mass is 10.1. The predicted octanol–water partition coefficient (Wildman–Crippen LogP) is 1.69. The van der Waals surface area contributed by atoms with Crippen LogP contribution in [0.25, 0.3) is 0 Å². The molecule has 0 aromatic rings. The number of hydrogen-bond acceptors (Lipinski definition) is 3. The van der Waals surface area contributed by atoms with Gasteiger partial charge in [-0.3, -0.25) is 0 Å². The first-order valence-corrected chi connectivity index (χ1v) is 5.93. The molecule has 2 heterocycles. The Bertz CT molecular complexity index is 124. The molecular formula is C9H16O2S. The Hall–Kier alpha value is 0.270. The van der Waals surface area contributed by atoms with Crippen LogP contribution in [0.15, 0.2) is 0 Å². The summed E-state index contributed by atoms with van der Waals surface area (Å²) in [5.74, 6) is 2.36. The minimum atomic E-state index is 0.379. The van der Waals surface area contributed by atoms with E-state index in [4.69, 9.17) is 9.47 Å². The molecule has 2 nitrogen and oxygen atoms in total. The van der Waals surface area contributed by atoms with E-state index in [-0.39, 0.29) is 0 Å². The number of thioether (sulfide) groups is 1. The molecule has 12 heavy (non-hydrogen) atoms. The lowest BCUT2D eigenvalue weighted by Crippen LogP contribution is -2.39. The predicted molar refractivity (Wildman–Crippen MR) is 50.7 cm³/mol. The largest absolute Gasteiger partial charge is 0.375 e. The fourth-order valence-electron chi connectivity index (χ4n) is 1.75. The summed E-state index contributed by atoms with van der Waals surface area (Å²) >= 11 is 2.01. The summed E-state index contributed by atoms with van der Waals surface area (Å²) in [6.45, 7) is 1.86. The second-order valence-electron chi connectivity index (χ2n) is 3.39. The third-order valence-electron chi connectivity index (χ3n) is 2.43. The van der Waals surface area contributed by atoms with Crippen molar-refractivity contribution < 1.29 is 9.47 Å². The Morgan fingerprint density at radius 2 is 1.83 bits per heavy atom. The average Bonchev–Trinajstić information content (AvgIpc) is 2.06. The van der Waals surface area contributed by atoms with Gasteiger partial charge in [0.05, 0.1) is 12.2 Å². The van der Waals surface area contributed by atoms with E-state index in [0.29, 0.717) is 12.2 Å². The maximum absolute atomic E-state index is 5.75. The standard InChI is InChI=1S/C9H16O2S/c1-3-8-9(11-4-1)7-12-6-2-5-10-8/h8-9H,1-7H2/t8-,9+/m0/s1. The molecule has 0 unspecified atom stereocenters. The van der Waals surface area contributed by atoms with Crippen LogP contribution in [0.5, 0.6) is 0 Å². The topological polar surface area (TPSA) is 18.5 Å². The minimum absolute atomic E-state index is 0.379. The van der Waals surface area contributed by atoms with Gasteiger partial charge in [0.25, 0.3) is 0 Å². The third kappa shape index (κ3) is 2.15. The third-order valence-corrected chi connectivity index (χ3v) is 3.57. The van der Waals surface area contributed by atoms with Gasteiger partial charge in [-0.15, -0.1) is 0 Å². The summed E-state index contributed by atoms with van der Waals surface area (Å²) < 4.78 is 11.4. The average molecular weight is 188 g/mol. The van der Waals surface area contributed by atoms with Crippen molar-refractivity contribution in [2.45, 2.75) is 31.5 Å². The SMILES string of the molecule is C1CO[C@H]2CCCO[C@@H]2CSC1. The van der Waals surface area contributed by atoms with Gasteiger partial charge in [-0.2, -0.15) is 11.8 Å². The molecule has 2 rings (SSSR count). The van der Waals surface area contributed by atoms with Gasteiger partial charge in [-0.05, 0) is 25.0 Å². The number of fused-ring (bicyclic) bond motifs is 1. The second-order valence-corrected chi connectivity index (χ2v) is 4.54. The summed E-state index contributed by atoms with van der Waals surface area (Å²) in [6, 6.07) is 0. The van der Waals surface area contributed by atoms with Crippen LogP contribution in [-0.4, -0.2) is 36.9 Å². The zero-order valence-corrected chi connectivity index (χ0v) is 8.15. The first kappa shape index (κ1) is 8.85. The molecule has 2 aliphatic heterocycles. The van der Waals surface area contributed by atoms with E-state index in [9.17, 15) is 0 Å². The molecule has 0 N–H and O–H groups in total. The molecule has 0 aromatic heterocycles. The van der Waals surface area contributed by atoms with Crippen molar-refractivity contribution in [3.63, 3.8) is 0 Å². The van der Waals surface area contributed by atoms with Gasteiger partial charge in [0.15, 0.2) is 0 Å². The quantitative estimate of drug-likeness (QED) is 0.576. The van der Waals surface area contributed by atoms with E-state index < -0.39 is 0 Å². The molecule has 0 bridgehead atoms. The highest BCUT2D eigenvalue weighted by atomic mass is 32.2. The smallest absolute Gasteiger partial charge is 0.0926 e. The van der Waals surface area contributed by atoms with Crippen molar-refractivity contribution >= 4 is 11.8 Å². The Balaban J connectivity index is 1.89. The van der Waals surface area contributed by atoms with Gasteiger partial charge < -0.3 is 9.47 Å². The van der Waals surface area contributed by atoms with Crippen molar-refractivity contribution in [2.75, 3.05) is 24.7 Å². The molecule has 2 saturated heterocycles. The van der Waals surface area contributed by atoms with Crippen molar-refractivity contribution in [3.8, 4) is 0 Å². The van der Waals surface area contributed by atoms with Crippen LogP contribution >= 0.6 is 11.8 Å². The summed E-state index contributed by atoms with van der Waals surface area (Å²) in [7, 11) is 0. The van der Waals surface area contributed by atoms with Crippen LogP contribution in [0.3, 0.4) is 0 Å². The Kier molecular flexibility index (Phi) is 3.31. The molecule has 0 saturated carbocycles. The second kappa shape index (κ2) is 4.49. The lowest BCUT2D eigenvalue weighted by Gasteiger charge is -2.32. The summed E-state index contributed by atoms with van der Waals surface area (Å²) in [4.78, 5) is 0. The van der Waals surface area contributed by atoms with Crippen molar-refractivity contribution in [3.05, 3.63) is 0 Å². The molecular weight excluding hydrogens is 172 g/mol. The van der Waals surface area contributed by atoms with E-state index in [1.54, 1.807) is 0 Å². The van der Waals surface area contributed by atoms with E-state index >= 15 is 0 Å². The number of hydrogen-bond donors (Lipinski definition) is 0. The first-order valence-electron chi connectivity index (χ1n) is 4.78. The molecule has 0 amide bonds.